The van der Waals surface area contributed by atoms with Gasteiger partial charge in [0.15, 0.2) is 11.6 Å². The van der Waals surface area contributed by atoms with Crippen molar-refractivity contribution in [1.82, 2.24) is 10.2 Å². The second-order valence-corrected chi connectivity index (χ2v) is 5.23. The number of phenols is 1. The first-order valence-electron chi connectivity index (χ1n) is 5.83. The highest BCUT2D eigenvalue weighted by Crippen LogP contribution is 2.37. The maximum Gasteiger partial charge on any atom is 0.167 e. The summed E-state index contributed by atoms with van der Waals surface area (Å²) in [6.07, 6.45) is 0. The quantitative estimate of drug-likeness (QED) is 0.821. The normalized spacial score (nSPS) is 18.9. The third kappa shape index (κ3) is 2.50. The van der Waals surface area contributed by atoms with Crippen LogP contribution in [0.5, 0.6) is 5.75 Å². The number of benzene rings is 1. The van der Waals surface area contributed by atoms with Gasteiger partial charge >= 0.3 is 0 Å². The zero-order valence-corrected chi connectivity index (χ0v) is 11.6. The van der Waals surface area contributed by atoms with E-state index in [0.717, 1.165) is 32.2 Å². The molecule has 1 saturated heterocycles. The summed E-state index contributed by atoms with van der Waals surface area (Å²) in [6.45, 7) is 4.88. The van der Waals surface area contributed by atoms with E-state index >= 15 is 0 Å². The number of rotatable bonds is 2. The molecular formula is C12H15BrF2N2O. The molecule has 0 radical (unpaired) electrons. The number of nitrogens with zero attached hydrogens (tertiary/aromatic N) is 1. The summed E-state index contributed by atoms with van der Waals surface area (Å²) in [5.41, 5.74) is 0.0174. The van der Waals surface area contributed by atoms with Crippen molar-refractivity contribution >= 4 is 15.9 Å². The number of hydrogen-bond acceptors (Lipinski definition) is 3. The highest BCUT2D eigenvalue weighted by molar-refractivity contribution is 9.10. The zero-order valence-electron chi connectivity index (χ0n) is 10.0. The van der Waals surface area contributed by atoms with E-state index in [9.17, 15) is 13.9 Å². The van der Waals surface area contributed by atoms with Gasteiger partial charge in [0.1, 0.15) is 5.75 Å². The first-order chi connectivity index (χ1) is 8.52. The maximum atomic E-state index is 13.8. The topological polar surface area (TPSA) is 35.5 Å². The Hall–Kier alpha value is -0.720. The Morgan fingerprint density at radius 3 is 2.61 bits per heavy atom. The molecule has 6 heteroatoms. The van der Waals surface area contributed by atoms with Gasteiger partial charge in [0.25, 0.3) is 0 Å². The molecule has 0 aromatic heterocycles. The van der Waals surface area contributed by atoms with Crippen molar-refractivity contribution in [1.29, 1.82) is 0 Å². The van der Waals surface area contributed by atoms with Gasteiger partial charge in [-0.05, 0) is 28.9 Å². The Balaban J connectivity index is 2.37. The Labute approximate surface area is 113 Å². The molecule has 1 aromatic carbocycles. The SMILES string of the molecule is C[C@@H](c1c(O)c(Br)cc(F)c1F)N1CCNCC1. The standard InChI is InChI=1S/C12H15BrF2N2O/c1-7(17-4-2-16-3-5-17)10-11(15)9(14)6-8(13)12(10)18/h6-7,16,18H,2-5H2,1H3/t7-/m0/s1. The van der Waals surface area contributed by atoms with Crippen LogP contribution in [0.4, 0.5) is 8.78 Å². The lowest BCUT2D eigenvalue weighted by Gasteiger charge is -2.33. The van der Waals surface area contributed by atoms with Crippen molar-refractivity contribution in [3.05, 3.63) is 27.7 Å². The fourth-order valence-corrected chi connectivity index (χ4v) is 2.65. The van der Waals surface area contributed by atoms with E-state index in [1.165, 1.54) is 0 Å². The zero-order chi connectivity index (χ0) is 13.3. The lowest BCUT2D eigenvalue weighted by molar-refractivity contribution is 0.178. The Morgan fingerprint density at radius 2 is 2.00 bits per heavy atom. The summed E-state index contributed by atoms with van der Waals surface area (Å²) in [5, 5.41) is 13.1. The van der Waals surface area contributed by atoms with Gasteiger partial charge in [-0.3, -0.25) is 4.90 Å². The molecule has 0 unspecified atom stereocenters. The average Bonchev–Trinajstić information content (AvgIpc) is 2.37. The molecule has 1 aromatic rings. The van der Waals surface area contributed by atoms with Crippen LogP contribution < -0.4 is 5.32 Å². The van der Waals surface area contributed by atoms with Crippen LogP contribution in [0, 0.1) is 11.6 Å². The van der Waals surface area contributed by atoms with Crippen LogP contribution in [-0.2, 0) is 0 Å². The molecule has 0 bridgehead atoms. The molecule has 1 heterocycles. The van der Waals surface area contributed by atoms with Gasteiger partial charge in [-0.2, -0.15) is 0 Å². The molecule has 2 rings (SSSR count). The molecule has 1 aliphatic heterocycles. The van der Waals surface area contributed by atoms with Crippen LogP contribution in [0.25, 0.3) is 0 Å². The number of halogens is 3. The minimum atomic E-state index is -0.971. The predicted octanol–water partition coefficient (Wildman–Crippen LogP) is 2.40. The van der Waals surface area contributed by atoms with Crippen molar-refractivity contribution in [2.75, 3.05) is 26.2 Å². The van der Waals surface area contributed by atoms with Gasteiger partial charge in [0, 0.05) is 32.2 Å². The van der Waals surface area contributed by atoms with E-state index in [1.54, 1.807) is 6.92 Å². The fourth-order valence-electron chi connectivity index (χ4n) is 2.24. The molecule has 1 aliphatic rings. The molecule has 18 heavy (non-hydrogen) atoms. The molecule has 3 nitrogen and oxygen atoms in total. The van der Waals surface area contributed by atoms with Gasteiger partial charge in [0.05, 0.1) is 10.0 Å². The molecule has 0 amide bonds. The number of piperazine rings is 1. The average molecular weight is 321 g/mol. The number of aromatic hydroxyl groups is 1. The van der Waals surface area contributed by atoms with Crippen molar-refractivity contribution < 1.29 is 13.9 Å². The van der Waals surface area contributed by atoms with Gasteiger partial charge < -0.3 is 10.4 Å². The lowest BCUT2D eigenvalue weighted by Crippen LogP contribution is -2.44. The third-order valence-electron chi connectivity index (χ3n) is 3.30. The minimum Gasteiger partial charge on any atom is -0.506 e. The van der Waals surface area contributed by atoms with Gasteiger partial charge in [-0.15, -0.1) is 0 Å². The summed E-state index contributed by atoms with van der Waals surface area (Å²) in [6, 6.07) is 0.581. The van der Waals surface area contributed by atoms with Crippen molar-refractivity contribution in [3.63, 3.8) is 0 Å². The lowest BCUT2D eigenvalue weighted by atomic mass is 10.0. The molecule has 2 N–H and O–H groups in total. The van der Waals surface area contributed by atoms with Crippen molar-refractivity contribution in [2.45, 2.75) is 13.0 Å². The summed E-state index contributed by atoms with van der Waals surface area (Å²) in [7, 11) is 0. The molecule has 0 aliphatic carbocycles. The van der Waals surface area contributed by atoms with Gasteiger partial charge in [0.2, 0.25) is 0 Å². The second kappa shape index (κ2) is 5.50. The monoisotopic (exact) mass is 320 g/mol. The summed E-state index contributed by atoms with van der Waals surface area (Å²) in [5.74, 6) is -2.14. The van der Waals surface area contributed by atoms with E-state index < -0.39 is 11.6 Å². The van der Waals surface area contributed by atoms with E-state index in [-0.39, 0.29) is 21.8 Å². The summed E-state index contributed by atoms with van der Waals surface area (Å²) >= 11 is 3.04. The number of hydrogen-bond donors (Lipinski definition) is 2. The molecule has 1 atom stereocenters. The molecular weight excluding hydrogens is 306 g/mol. The van der Waals surface area contributed by atoms with Crippen LogP contribution in [0.15, 0.2) is 10.5 Å². The maximum absolute atomic E-state index is 13.8. The van der Waals surface area contributed by atoms with Crippen LogP contribution in [0.1, 0.15) is 18.5 Å². The largest absolute Gasteiger partial charge is 0.506 e. The van der Waals surface area contributed by atoms with Gasteiger partial charge in [-0.25, -0.2) is 8.78 Å². The van der Waals surface area contributed by atoms with Crippen LogP contribution in [-0.4, -0.2) is 36.2 Å². The summed E-state index contributed by atoms with van der Waals surface area (Å²) < 4.78 is 27.4. The highest BCUT2D eigenvalue weighted by atomic mass is 79.9. The van der Waals surface area contributed by atoms with Crippen LogP contribution in [0.3, 0.4) is 0 Å². The van der Waals surface area contributed by atoms with Crippen LogP contribution in [0.2, 0.25) is 0 Å². The molecule has 0 saturated carbocycles. The Morgan fingerprint density at radius 1 is 1.39 bits per heavy atom. The summed E-state index contributed by atoms with van der Waals surface area (Å²) in [4.78, 5) is 2.01. The van der Waals surface area contributed by atoms with E-state index in [4.69, 9.17) is 0 Å². The first kappa shape index (κ1) is 13.7. The fraction of sp³-hybridized carbons (Fsp3) is 0.500. The molecule has 1 fully saturated rings. The Kier molecular flexibility index (Phi) is 4.19. The van der Waals surface area contributed by atoms with Crippen molar-refractivity contribution in [2.24, 2.45) is 0 Å². The minimum absolute atomic E-state index is 0.0174. The number of phenolic OH excluding ortho intramolecular Hbond substituents is 1. The highest BCUT2D eigenvalue weighted by Gasteiger charge is 2.26. The smallest absolute Gasteiger partial charge is 0.167 e. The van der Waals surface area contributed by atoms with Crippen LogP contribution >= 0.6 is 15.9 Å². The van der Waals surface area contributed by atoms with E-state index in [1.807, 2.05) is 4.90 Å². The second-order valence-electron chi connectivity index (χ2n) is 4.38. The van der Waals surface area contributed by atoms with Gasteiger partial charge in [-0.1, -0.05) is 0 Å². The van der Waals surface area contributed by atoms with E-state index in [2.05, 4.69) is 21.2 Å². The third-order valence-corrected chi connectivity index (χ3v) is 3.90. The molecule has 0 spiro atoms. The van der Waals surface area contributed by atoms with E-state index in [0.29, 0.717) is 0 Å². The van der Waals surface area contributed by atoms with Crippen molar-refractivity contribution in [3.8, 4) is 5.75 Å². The molecule has 100 valence electrons. The Bertz CT molecular complexity index is 424. The number of nitrogens with one attached hydrogen (secondary N) is 1. The predicted molar refractivity (Wildman–Crippen MR) is 68.6 cm³/mol. The first-order valence-corrected chi connectivity index (χ1v) is 6.62.